The first-order valence-corrected chi connectivity index (χ1v) is 6.01. The van der Waals surface area contributed by atoms with E-state index in [9.17, 15) is 4.79 Å². The van der Waals surface area contributed by atoms with Gasteiger partial charge in [0.2, 0.25) is 0 Å². The molecule has 1 heteroatoms. The lowest BCUT2D eigenvalue weighted by Crippen LogP contribution is -1.99. The summed E-state index contributed by atoms with van der Waals surface area (Å²) in [7, 11) is 0. The molecule has 0 saturated heterocycles. The molecule has 0 radical (unpaired) electrons. The van der Waals surface area contributed by atoms with E-state index < -0.39 is 0 Å². The van der Waals surface area contributed by atoms with E-state index in [1.54, 1.807) is 0 Å². The average molecular weight is 236 g/mol. The number of Topliss-reactive ketones (excluding diaryl/α,β-unsaturated/α-hetero) is 1. The number of benzene rings is 2. The molecule has 0 amide bonds. The lowest BCUT2D eigenvalue weighted by Gasteiger charge is -2.02. The fraction of sp³-hybridized carbons (Fsp3) is 0.118. The Balaban J connectivity index is 2.23. The first kappa shape index (κ1) is 12.3. The summed E-state index contributed by atoms with van der Waals surface area (Å²) in [5.74, 6) is 0.0798. The Labute approximate surface area is 108 Å². The molecule has 0 N–H and O–H groups in total. The molecule has 0 atom stereocenters. The maximum atomic E-state index is 12.1. The second-order valence-corrected chi connectivity index (χ2v) is 4.43. The highest BCUT2D eigenvalue weighted by molar-refractivity contribution is 6.10. The lowest BCUT2D eigenvalue weighted by molar-refractivity contribution is 0.103. The van der Waals surface area contributed by atoms with Crippen molar-refractivity contribution in [3.05, 3.63) is 76.9 Å². The third-order valence-corrected chi connectivity index (χ3v) is 2.85. The van der Waals surface area contributed by atoms with Gasteiger partial charge < -0.3 is 0 Å². The third-order valence-electron chi connectivity index (χ3n) is 2.85. The molecule has 2 rings (SSSR count). The van der Waals surface area contributed by atoms with Crippen molar-refractivity contribution in [2.24, 2.45) is 0 Å². The van der Waals surface area contributed by atoms with Crippen LogP contribution in [0.1, 0.15) is 28.4 Å². The van der Waals surface area contributed by atoms with Gasteiger partial charge in [0.25, 0.3) is 0 Å². The highest BCUT2D eigenvalue weighted by Gasteiger charge is 2.06. The predicted octanol–water partition coefficient (Wildman–Crippen LogP) is 4.28. The zero-order valence-corrected chi connectivity index (χ0v) is 10.7. The topological polar surface area (TPSA) is 17.1 Å². The minimum absolute atomic E-state index is 0.0798. The summed E-state index contributed by atoms with van der Waals surface area (Å²) >= 11 is 0. The van der Waals surface area contributed by atoms with E-state index in [-0.39, 0.29) is 5.78 Å². The Kier molecular flexibility index (Phi) is 3.73. The van der Waals surface area contributed by atoms with Crippen LogP contribution in [-0.2, 0) is 0 Å². The largest absolute Gasteiger partial charge is 0.289 e. The molecule has 0 saturated carbocycles. The molecule has 2 aromatic rings. The monoisotopic (exact) mass is 236 g/mol. The van der Waals surface area contributed by atoms with Crippen LogP contribution in [0.4, 0.5) is 0 Å². The Bertz CT molecular complexity index is 562. The summed E-state index contributed by atoms with van der Waals surface area (Å²) in [6.07, 6.45) is 1.93. The molecule has 0 unspecified atom stereocenters. The maximum absolute atomic E-state index is 12.1. The highest BCUT2D eigenvalue weighted by Crippen LogP contribution is 2.13. The minimum atomic E-state index is 0.0798. The van der Waals surface area contributed by atoms with Gasteiger partial charge in [0, 0.05) is 5.56 Å². The van der Waals surface area contributed by atoms with E-state index in [4.69, 9.17) is 0 Å². The maximum Gasteiger partial charge on any atom is 0.188 e. The Hall–Kier alpha value is -2.15. The second kappa shape index (κ2) is 5.46. The van der Waals surface area contributed by atoms with E-state index >= 15 is 0 Å². The molecule has 0 bridgehead atoms. The normalized spacial score (nSPS) is 11.3. The number of aryl methyl sites for hydroxylation is 1. The van der Waals surface area contributed by atoms with Gasteiger partial charge in [-0.2, -0.15) is 0 Å². The number of rotatable bonds is 3. The number of ketones is 1. The van der Waals surface area contributed by atoms with Crippen molar-refractivity contribution >= 4 is 11.9 Å². The fourth-order valence-electron chi connectivity index (χ4n) is 1.80. The van der Waals surface area contributed by atoms with Gasteiger partial charge in [-0.15, -0.1) is 0 Å². The van der Waals surface area contributed by atoms with Gasteiger partial charge >= 0.3 is 0 Å². The van der Waals surface area contributed by atoms with Crippen molar-refractivity contribution < 1.29 is 4.79 Å². The van der Waals surface area contributed by atoms with Crippen LogP contribution in [0.3, 0.4) is 0 Å². The van der Waals surface area contributed by atoms with Gasteiger partial charge in [-0.3, -0.25) is 4.79 Å². The van der Waals surface area contributed by atoms with Crippen molar-refractivity contribution in [3.63, 3.8) is 0 Å². The van der Waals surface area contributed by atoms with Crippen LogP contribution in [0.15, 0.2) is 60.2 Å². The van der Waals surface area contributed by atoms with Gasteiger partial charge in [-0.25, -0.2) is 0 Å². The van der Waals surface area contributed by atoms with Crippen molar-refractivity contribution in [1.82, 2.24) is 0 Å². The second-order valence-electron chi connectivity index (χ2n) is 4.43. The number of hydrogen-bond acceptors (Lipinski definition) is 1. The molecular formula is C17H16O. The SMILES string of the molecule is CC(=Cc1ccc(C)cc1)C(=O)c1ccccc1. The van der Waals surface area contributed by atoms with Gasteiger partial charge in [-0.1, -0.05) is 60.2 Å². The highest BCUT2D eigenvalue weighted by atomic mass is 16.1. The first-order chi connectivity index (χ1) is 8.66. The van der Waals surface area contributed by atoms with E-state index in [1.165, 1.54) is 5.56 Å². The van der Waals surface area contributed by atoms with E-state index in [0.29, 0.717) is 0 Å². The minimum Gasteiger partial charge on any atom is -0.289 e. The Morgan fingerprint density at radius 2 is 1.56 bits per heavy atom. The summed E-state index contributed by atoms with van der Waals surface area (Å²) < 4.78 is 0. The van der Waals surface area contributed by atoms with Gasteiger partial charge in [0.05, 0.1) is 0 Å². The quantitative estimate of drug-likeness (QED) is 0.574. The summed E-state index contributed by atoms with van der Waals surface area (Å²) in [6, 6.07) is 17.5. The smallest absolute Gasteiger partial charge is 0.188 e. The molecule has 0 fully saturated rings. The van der Waals surface area contributed by atoms with E-state index in [2.05, 4.69) is 6.92 Å². The van der Waals surface area contributed by atoms with Crippen LogP contribution < -0.4 is 0 Å². The van der Waals surface area contributed by atoms with Gasteiger partial charge in [-0.05, 0) is 31.1 Å². The standard InChI is InChI=1S/C17H16O/c1-13-8-10-15(11-9-13)12-14(2)17(18)16-6-4-3-5-7-16/h3-12H,1-2H3. The van der Waals surface area contributed by atoms with Crippen molar-refractivity contribution in [1.29, 1.82) is 0 Å². The molecule has 2 aromatic carbocycles. The Morgan fingerprint density at radius 1 is 0.944 bits per heavy atom. The number of carbonyl (C=O) groups excluding carboxylic acids is 1. The van der Waals surface area contributed by atoms with Crippen LogP contribution in [0.2, 0.25) is 0 Å². The molecule has 0 heterocycles. The molecule has 18 heavy (non-hydrogen) atoms. The third kappa shape index (κ3) is 2.95. The molecule has 0 aliphatic carbocycles. The summed E-state index contributed by atoms with van der Waals surface area (Å²) in [5.41, 5.74) is 3.77. The Morgan fingerprint density at radius 3 is 2.17 bits per heavy atom. The van der Waals surface area contributed by atoms with E-state index in [1.807, 2.05) is 67.6 Å². The first-order valence-electron chi connectivity index (χ1n) is 6.01. The van der Waals surface area contributed by atoms with Crippen LogP contribution in [-0.4, -0.2) is 5.78 Å². The molecule has 0 aliphatic heterocycles. The fourth-order valence-corrected chi connectivity index (χ4v) is 1.80. The molecule has 1 nitrogen and oxygen atoms in total. The summed E-state index contributed by atoms with van der Waals surface area (Å²) in [5, 5.41) is 0. The van der Waals surface area contributed by atoms with Gasteiger partial charge in [0.1, 0.15) is 0 Å². The zero-order valence-electron chi connectivity index (χ0n) is 10.7. The molecule has 0 spiro atoms. The lowest BCUT2D eigenvalue weighted by atomic mass is 10.0. The van der Waals surface area contributed by atoms with Crippen LogP contribution >= 0.6 is 0 Å². The molecular weight excluding hydrogens is 220 g/mol. The van der Waals surface area contributed by atoms with Crippen molar-refractivity contribution in [3.8, 4) is 0 Å². The average Bonchev–Trinajstić information content (AvgIpc) is 2.41. The van der Waals surface area contributed by atoms with Crippen LogP contribution in [0.5, 0.6) is 0 Å². The van der Waals surface area contributed by atoms with E-state index in [0.717, 1.165) is 16.7 Å². The van der Waals surface area contributed by atoms with Crippen molar-refractivity contribution in [2.75, 3.05) is 0 Å². The molecule has 0 aromatic heterocycles. The number of hydrogen-bond donors (Lipinski definition) is 0. The summed E-state index contributed by atoms with van der Waals surface area (Å²) in [4.78, 5) is 12.1. The van der Waals surface area contributed by atoms with Crippen LogP contribution in [0.25, 0.3) is 6.08 Å². The van der Waals surface area contributed by atoms with Gasteiger partial charge in [0.15, 0.2) is 5.78 Å². The summed E-state index contributed by atoms with van der Waals surface area (Å²) in [6.45, 7) is 3.91. The molecule has 0 aliphatic rings. The van der Waals surface area contributed by atoms with Crippen LogP contribution in [0, 0.1) is 6.92 Å². The number of allylic oxidation sites excluding steroid dienone is 1. The zero-order chi connectivity index (χ0) is 13.0. The molecule has 90 valence electrons. The predicted molar refractivity (Wildman–Crippen MR) is 75.6 cm³/mol. The van der Waals surface area contributed by atoms with Crippen molar-refractivity contribution in [2.45, 2.75) is 13.8 Å². The number of carbonyl (C=O) groups is 1.